The monoisotopic (exact) mass is 288 g/mol. The molecule has 0 aromatic carbocycles. The standard InChI is InChI=1S/C14H28N2O2S/c1-13(2,3)15-9-12-5-7-16(10-12)14(4)6-8-19(17,18)11-14/h12,15H,5-11H2,1-4H3. The van der Waals surface area contributed by atoms with Gasteiger partial charge in [0, 0.05) is 17.6 Å². The fourth-order valence-electron chi connectivity index (χ4n) is 3.18. The van der Waals surface area contributed by atoms with E-state index >= 15 is 0 Å². The van der Waals surface area contributed by atoms with Gasteiger partial charge < -0.3 is 5.32 Å². The Bertz CT molecular complexity index is 427. The van der Waals surface area contributed by atoms with Crippen molar-refractivity contribution in [2.24, 2.45) is 5.92 Å². The summed E-state index contributed by atoms with van der Waals surface area (Å²) in [7, 11) is -2.80. The van der Waals surface area contributed by atoms with Crippen molar-refractivity contribution in [1.29, 1.82) is 0 Å². The van der Waals surface area contributed by atoms with E-state index in [0.717, 1.165) is 26.1 Å². The predicted octanol–water partition coefficient (Wildman–Crippen LogP) is 1.27. The van der Waals surface area contributed by atoms with E-state index in [0.29, 0.717) is 17.4 Å². The van der Waals surface area contributed by atoms with E-state index < -0.39 is 9.84 Å². The predicted molar refractivity (Wildman–Crippen MR) is 79.1 cm³/mol. The molecule has 19 heavy (non-hydrogen) atoms. The molecule has 2 aliphatic heterocycles. The molecule has 2 unspecified atom stereocenters. The molecule has 0 spiro atoms. The number of nitrogens with one attached hydrogen (secondary N) is 1. The van der Waals surface area contributed by atoms with Crippen molar-refractivity contribution >= 4 is 9.84 Å². The molecule has 5 heteroatoms. The molecular formula is C14H28N2O2S. The van der Waals surface area contributed by atoms with Crippen LogP contribution in [0.25, 0.3) is 0 Å². The highest BCUT2D eigenvalue weighted by molar-refractivity contribution is 7.91. The lowest BCUT2D eigenvalue weighted by atomic mass is 10.00. The van der Waals surface area contributed by atoms with Gasteiger partial charge in [0.25, 0.3) is 0 Å². The second kappa shape index (κ2) is 5.01. The van der Waals surface area contributed by atoms with Crippen molar-refractivity contribution < 1.29 is 8.42 Å². The maximum atomic E-state index is 11.7. The molecule has 2 heterocycles. The largest absolute Gasteiger partial charge is 0.312 e. The van der Waals surface area contributed by atoms with Crippen LogP contribution in [0.1, 0.15) is 40.5 Å². The van der Waals surface area contributed by atoms with E-state index in [1.807, 2.05) is 0 Å². The average molecular weight is 288 g/mol. The highest BCUT2D eigenvalue weighted by Crippen LogP contribution is 2.33. The lowest BCUT2D eigenvalue weighted by Gasteiger charge is -2.34. The summed E-state index contributed by atoms with van der Waals surface area (Å²) < 4.78 is 23.4. The van der Waals surface area contributed by atoms with Crippen molar-refractivity contribution in [3.8, 4) is 0 Å². The van der Waals surface area contributed by atoms with E-state index in [9.17, 15) is 8.42 Å². The number of likely N-dealkylation sites (tertiary alicyclic amines) is 1. The lowest BCUT2D eigenvalue weighted by Crippen LogP contribution is -2.47. The number of hydrogen-bond donors (Lipinski definition) is 1. The first kappa shape index (κ1) is 15.3. The molecule has 0 radical (unpaired) electrons. The topological polar surface area (TPSA) is 49.4 Å². The SMILES string of the molecule is CC(C)(C)NCC1CCN(C2(C)CCS(=O)(=O)C2)C1. The zero-order valence-corrected chi connectivity index (χ0v) is 13.5. The minimum atomic E-state index is -2.80. The Kier molecular flexibility index (Phi) is 4.02. The van der Waals surface area contributed by atoms with Crippen molar-refractivity contribution in [1.82, 2.24) is 10.2 Å². The van der Waals surface area contributed by atoms with Crippen molar-refractivity contribution in [3.05, 3.63) is 0 Å². The third kappa shape index (κ3) is 3.92. The summed E-state index contributed by atoms with van der Waals surface area (Å²) >= 11 is 0. The molecule has 2 saturated heterocycles. The Balaban J connectivity index is 1.89. The van der Waals surface area contributed by atoms with E-state index in [1.54, 1.807) is 0 Å². The summed E-state index contributed by atoms with van der Waals surface area (Å²) in [6.45, 7) is 11.8. The zero-order valence-electron chi connectivity index (χ0n) is 12.7. The molecule has 0 aromatic rings. The van der Waals surface area contributed by atoms with Crippen LogP contribution in [0.15, 0.2) is 0 Å². The second-order valence-corrected chi connectivity index (χ2v) is 9.75. The van der Waals surface area contributed by atoms with Crippen LogP contribution in [0.2, 0.25) is 0 Å². The van der Waals surface area contributed by atoms with Gasteiger partial charge in [-0.2, -0.15) is 0 Å². The molecule has 0 bridgehead atoms. The Morgan fingerprint density at radius 2 is 2.05 bits per heavy atom. The molecule has 2 fully saturated rings. The second-order valence-electron chi connectivity index (χ2n) is 7.57. The van der Waals surface area contributed by atoms with Gasteiger partial charge in [0.2, 0.25) is 0 Å². The van der Waals surface area contributed by atoms with Crippen molar-refractivity contribution in [2.75, 3.05) is 31.1 Å². The first-order valence-corrected chi connectivity index (χ1v) is 9.12. The highest BCUT2D eigenvalue weighted by atomic mass is 32.2. The van der Waals surface area contributed by atoms with E-state index in [4.69, 9.17) is 0 Å². The Labute approximate surface area is 117 Å². The maximum Gasteiger partial charge on any atom is 0.152 e. The van der Waals surface area contributed by atoms with E-state index in [1.165, 1.54) is 6.42 Å². The molecule has 0 amide bonds. The Morgan fingerprint density at radius 3 is 2.58 bits per heavy atom. The molecule has 2 aliphatic rings. The third-order valence-corrected chi connectivity index (χ3v) is 6.34. The van der Waals surface area contributed by atoms with Gasteiger partial charge >= 0.3 is 0 Å². The van der Waals surface area contributed by atoms with Gasteiger partial charge in [-0.05, 0) is 59.5 Å². The van der Waals surface area contributed by atoms with Gasteiger partial charge in [0.15, 0.2) is 9.84 Å². The summed E-state index contributed by atoms with van der Waals surface area (Å²) in [5.74, 6) is 1.36. The van der Waals surface area contributed by atoms with Crippen LogP contribution >= 0.6 is 0 Å². The first-order chi connectivity index (χ1) is 8.60. The van der Waals surface area contributed by atoms with Crippen LogP contribution in [-0.2, 0) is 9.84 Å². The van der Waals surface area contributed by atoms with Gasteiger partial charge in [0.1, 0.15) is 0 Å². The quantitative estimate of drug-likeness (QED) is 0.850. The smallest absolute Gasteiger partial charge is 0.152 e. The molecule has 0 aliphatic carbocycles. The van der Waals surface area contributed by atoms with Crippen LogP contribution in [-0.4, -0.2) is 55.5 Å². The average Bonchev–Trinajstić information content (AvgIpc) is 2.80. The summed E-state index contributed by atoms with van der Waals surface area (Å²) in [6.07, 6.45) is 1.98. The number of nitrogens with zero attached hydrogens (tertiary/aromatic N) is 1. The van der Waals surface area contributed by atoms with Crippen molar-refractivity contribution in [2.45, 2.75) is 51.6 Å². The van der Waals surface area contributed by atoms with Gasteiger partial charge in [0.05, 0.1) is 11.5 Å². The Hall–Kier alpha value is -0.130. The van der Waals surface area contributed by atoms with Crippen LogP contribution in [0.5, 0.6) is 0 Å². The van der Waals surface area contributed by atoms with Crippen LogP contribution in [0.3, 0.4) is 0 Å². The maximum absolute atomic E-state index is 11.7. The fraction of sp³-hybridized carbons (Fsp3) is 1.00. The Morgan fingerprint density at radius 1 is 1.37 bits per heavy atom. The molecule has 1 N–H and O–H groups in total. The van der Waals surface area contributed by atoms with Crippen molar-refractivity contribution in [3.63, 3.8) is 0 Å². The zero-order chi connectivity index (χ0) is 14.3. The minimum absolute atomic E-state index is 0.116. The summed E-state index contributed by atoms with van der Waals surface area (Å²) in [6, 6.07) is 0. The highest BCUT2D eigenvalue weighted by Gasteiger charge is 2.44. The van der Waals surface area contributed by atoms with Crippen LogP contribution in [0.4, 0.5) is 0 Å². The summed E-state index contributed by atoms with van der Waals surface area (Å²) in [5.41, 5.74) is 0.0450. The molecule has 0 saturated carbocycles. The number of sulfone groups is 1. The molecular weight excluding hydrogens is 260 g/mol. The molecule has 4 nitrogen and oxygen atoms in total. The minimum Gasteiger partial charge on any atom is -0.312 e. The van der Waals surface area contributed by atoms with Gasteiger partial charge in [-0.3, -0.25) is 4.90 Å². The summed E-state index contributed by atoms with van der Waals surface area (Å²) in [4.78, 5) is 2.41. The molecule has 112 valence electrons. The normalized spacial score (nSPS) is 35.9. The van der Waals surface area contributed by atoms with Crippen LogP contribution in [0, 0.1) is 5.92 Å². The number of rotatable bonds is 3. The molecule has 2 rings (SSSR count). The number of hydrogen-bond acceptors (Lipinski definition) is 4. The lowest BCUT2D eigenvalue weighted by molar-refractivity contribution is 0.154. The van der Waals surface area contributed by atoms with Gasteiger partial charge in [-0.25, -0.2) is 8.42 Å². The van der Waals surface area contributed by atoms with E-state index in [-0.39, 0.29) is 11.1 Å². The van der Waals surface area contributed by atoms with Gasteiger partial charge in [-0.15, -0.1) is 0 Å². The van der Waals surface area contributed by atoms with Crippen LogP contribution < -0.4 is 5.32 Å². The van der Waals surface area contributed by atoms with E-state index in [2.05, 4.69) is 37.9 Å². The summed E-state index contributed by atoms with van der Waals surface area (Å²) in [5, 5.41) is 3.56. The fourth-order valence-corrected chi connectivity index (χ4v) is 5.35. The third-order valence-electron chi connectivity index (χ3n) is 4.45. The molecule has 2 atom stereocenters. The molecule has 0 aromatic heterocycles. The first-order valence-electron chi connectivity index (χ1n) is 7.30. The van der Waals surface area contributed by atoms with Gasteiger partial charge in [-0.1, -0.05) is 0 Å².